The molecule has 0 unspecified atom stereocenters. The molecule has 2 aromatic carbocycles. The summed E-state index contributed by atoms with van der Waals surface area (Å²) in [6.07, 6.45) is 0. The summed E-state index contributed by atoms with van der Waals surface area (Å²) in [4.78, 5) is 25.4. The number of carboxylic acids is 1. The summed E-state index contributed by atoms with van der Waals surface area (Å²) in [6, 6.07) is 5.51. The van der Waals surface area contributed by atoms with Crippen molar-refractivity contribution in [3.8, 4) is 0 Å². The maximum atomic E-state index is 13.9. The zero-order chi connectivity index (χ0) is 15.3. The van der Waals surface area contributed by atoms with Crippen LogP contribution in [0.1, 0.15) is 20.7 Å². The molecule has 0 aliphatic carbocycles. The summed E-state index contributed by atoms with van der Waals surface area (Å²) in [5.74, 6) is -2.83. The zero-order valence-electron chi connectivity index (χ0n) is 10.4. The highest BCUT2D eigenvalue weighted by atomic mass is 79.9. The van der Waals surface area contributed by atoms with E-state index in [9.17, 15) is 14.0 Å². The van der Waals surface area contributed by atoms with Gasteiger partial charge in [0.2, 0.25) is 0 Å². The predicted octanol–water partition coefficient (Wildman–Crippen LogP) is 3.02. The minimum absolute atomic E-state index is 0.252. The van der Waals surface area contributed by atoms with E-state index in [0.717, 1.165) is 6.07 Å². The SMILES string of the molecule is NC(=O)c1ccc(Br)c2c1[nH]c1cc(C(=O)O)c(F)cc12. The molecule has 3 aromatic rings. The Morgan fingerprint density at radius 3 is 2.57 bits per heavy atom. The van der Waals surface area contributed by atoms with Gasteiger partial charge in [0.15, 0.2) is 0 Å². The van der Waals surface area contributed by atoms with Crippen LogP contribution >= 0.6 is 15.9 Å². The molecule has 4 N–H and O–H groups in total. The van der Waals surface area contributed by atoms with Gasteiger partial charge in [-0.05, 0) is 24.3 Å². The fraction of sp³-hybridized carbons (Fsp3) is 0. The molecule has 3 rings (SSSR count). The molecule has 0 radical (unpaired) electrons. The summed E-state index contributed by atoms with van der Waals surface area (Å²) < 4.78 is 14.5. The largest absolute Gasteiger partial charge is 0.478 e. The van der Waals surface area contributed by atoms with Crippen LogP contribution < -0.4 is 5.73 Å². The molecule has 0 atom stereocenters. The first kappa shape index (κ1) is 13.6. The van der Waals surface area contributed by atoms with E-state index in [1.807, 2.05) is 0 Å². The summed E-state index contributed by atoms with van der Waals surface area (Å²) in [7, 11) is 0. The molecular weight excluding hydrogens is 343 g/mol. The van der Waals surface area contributed by atoms with Gasteiger partial charge in [0, 0.05) is 20.8 Å². The van der Waals surface area contributed by atoms with Gasteiger partial charge < -0.3 is 15.8 Å². The average molecular weight is 351 g/mol. The smallest absolute Gasteiger partial charge is 0.338 e. The highest BCUT2D eigenvalue weighted by molar-refractivity contribution is 9.10. The summed E-state index contributed by atoms with van der Waals surface area (Å²) in [6.45, 7) is 0. The van der Waals surface area contributed by atoms with Crippen LogP contribution in [0.4, 0.5) is 4.39 Å². The first-order valence-corrected chi connectivity index (χ1v) is 6.66. The van der Waals surface area contributed by atoms with Gasteiger partial charge in [-0.25, -0.2) is 9.18 Å². The van der Waals surface area contributed by atoms with E-state index >= 15 is 0 Å². The number of carbonyl (C=O) groups excluding carboxylic acids is 1. The van der Waals surface area contributed by atoms with Crippen molar-refractivity contribution in [1.82, 2.24) is 4.98 Å². The zero-order valence-corrected chi connectivity index (χ0v) is 12.0. The first-order valence-electron chi connectivity index (χ1n) is 5.86. The third kappa shape index (κ3) is 1.97. The molecule has 5 nitrogen and oxygen atoms in total. The molecule has 0 aliphatic rings. The number of fused-ring (bicyclic) bond motifs is 3. The minimum atomic E-state index is -1.36. The van der Waals surface area contributed by atoms with Crippen molar-refractivity contribution in [2.75, 3.05) is 0 Å². The van der Waals surface area contributed by atoms with E-state index in [1.165, 1.54) is 6.07 Å². The van der Waals surface area contributed by atoms with Crippen LogP contribution in [0.5, 0.6) is 0 Å². The molecule has 1 aromatic heterocycles. The molecule has 0 fully saturated rings. The van der Waals surface area contributed by atoms with E-state index in [1.54, 1.807) is 12.1 Å². The summed E-state index contributed by atoms with van der Waals surface area (Å²) in [5.41, 5.74) is 5.98. The van der Waals surface area contributed by atoms with E-state index in [2.05, 4.69) is 20.9 Å². The van der Waals surface area contributed by atoms with Gasteiger partial charge in [-0.2, -0.15) is 0 Å². The second-order valence-corrected chi connectivity index (χ2v) is 5.37. The number of benzene rings is 2. The molecule has 21 heavy (non-hydrogen) atoms. The first-order chi connectivity index (χ1) is 9.90. The van der Waals surface area contributed by atoms with Crippen molar-refractivity contribution < 1.29 is 19.1 Å². The second-order valence-electron chi connectivity index (χ2n) is 4.52. The van der Waals surface area contributed by atoms with Crippen molar-refractivity contribution in [3.63, 3.8) is 0 Å². The Balaban J connectivity index is 2.51. The Hall–Kier alpha value is -2.41. The van der Waals surface area contributed by atoms with E-state index in [4.69, 9.17) is 10.8 Å². The molecule has 1 amide bonds. The topological polar surface area (TPSA) is 96.2 Å². The normalized spacial score (nSPS) is 11.1. The number of aromatic amines is 1. The number of H-pyrrole nitrogens is 1. The van der Waals surface area contributed by atoms with Crippen LogP contribution in [-0.2, 0) is 0 Å². The fourth-order valence-electron chi connectivity index (χ4n) is 2.36. The van der Waals surface area contributed by atoms with Crippen LogP contribution in [0, 0.1) is 5.82 Å². The Morgan fingerprint density at radius 2 is 1.95 bits per heavy atom. The number of hydrogen-bond donors (Lipinski definition) is 3. The van der Waals surface area contributed by atoms with Gasteiger partial charge in [0.1, 0.15) is 5.82 Å². The highest BCUT2D eigenvalue weighted by Gasteiger charge is 2.18. The number of hydrogen-bond acceptors (Lipinski definition) is 2. The Morgan fingerprint density at radius 1 is 1.24 bits per heavy atom. The molecule has 0 aliphatic heterocycles. The number of aromatic nitrogens is 1. The van der Waals surface area contributed by atoms with Gasteiger partial charge in [-0.3, -0.25) is 4.79 Å². The predicted molar refractivity (Wildman–Crippen MR) is 78.9 cm³/mol. The monoisotopic (exact) mass is 350 g/mol. The molecule has 0 saturated carbocycles. The maximum Gasteiger partial charge on any atom is 0.338 e. The maximum absolute atomic E-state index is 13.9. The van der Waals surface area contributed by atoms with Crippen LogP contribution in [-0.4, -0.2) is 22.0 Å². The number of primary amides is 1. The number of carbonyl (C=O) groups is 2. The van der Waals surface area contributed by atoms with Gasteiger partial charge in [0.05, 0.1) is 16.6 Å². The third-order valence-electron chi connectivity index (χ3n) is 3.29. The van der Waals surface area contributed by atoms with Gasteiger partial charge >= 0.3 is 5.97 Å². The minimum Gasteiger partial charge on any atom is -0.478 e. The van der Waals surface area contributed by atoms with Gasteiger partial charge in [-0.1, -0.05) is 15.9 Å². The molecule has 7 heteroatoms. The molecule has 0 spiro atoms. The molecular formula is C14H8BrFN2O3. The third-order valence-corrected chi connectivity index (χ3v) is 3.95. The number of aromatic carboxylic acids is 1. The van der Waals surface area contributed by atoms with Gasteiger partial charge in [-0.15, -0.1) is 0 Å². The Labute approximate surface area is 125 Å². The summed E-state index contributed by atoms with van der Waals surface area (Å²) >= 11 is 3.34. The lowest BCUT2D eigenvalue weighted by Gasteiger charge is -2.01. The molecule has 1 heterocycles. The lowest BCUT2D eigenvalue weighted by atomic mass is 10.1. The fourth-order valence-corrected chi connectivity index (χ4v) is 2.90. The van der Waals surface area contributed by atoms with Crippen molar-refractivity contribution >= 4 is 49.6 Å². The number of halogens is 2. The average Bonchev–Trinajstić information content (AvgIpc) is 2.76. The number of nitrogens with one attached hydrogen (secondary N) is 1. The van der Waals surface area contributed by atoms with Crippen LogP contribution in [0.25, 0.3) is 21.8 Å². The van der Waals surface area contributed by atoms with Crippen LogP contribution in [0.3, 0.4) is 0 Å². The van der Waals surface area contributed by atoms with E-state index in [-0.39, 0.29) is 5.56 Å². The Bertz CT molecular complexity index is 933. The van der Waals surface area contributed by atoms with Crippen LogP contribution in [0.15, 0.2) is 28.7 Å². The summed E-state index contributed by atoms with van der Waals surface area (Å²) in [5, 5.41) is 10.0. The van der Waals surface area contributed by atoms with Crippen LogP contribution in [0.2, 0.25) is 0 Å². The molecule has 0 saturated heterocycles. The standard InChI is InChI=1S/C14H8BrFN2O3/c15-8-2-1-5(13(17)19)12-11(8)7-3-9(16)6(14(20)21)4-10(7)18-12/h1-4,18H,(H2,17,19)(H,20,21). The van der Waals surface area contributed by atoms with Crippen molar-refractivity contribution in [3.05, 3.63) is 45.7 Å². The number of carboxylic acid groups (broad SMARTS) is 1. The van der Waals surface area contributed by atoms with Crippen molar-refractivity contribution in [2.45, 2.75) is 0 Å². The van der Waals surface area contributed by atoms with Crippen molar-refractivity contribution in [1.29, 1.82) is 0 Å². The van der Waals surface area contributed by atoms with Crippen molar-refractivity contribution in [2.24, 2.45) is 5.73 Å². The lowest BCUT2D eigenvalue weighted by molar-refractivity contribution is 0.0692. The Kier molecular flexibility index (Phi) is 2.94. The quantitative estimate of drug-likeness (QED) is 0.662. The number of rotatable bonds is 2. The highest BCUT2D eigenvalue weighted by Crippen LogP contribution is 2.34. The van der Waals surface area contributed by atoms with E-state index in [0.29, 0.717) is 26.3 Å². The molecule has 0 bridgehead atoms. The number of nitrogens with two attached hydrogens (primary N) is 1. The second kappa shape index (κ2) is 4.56. The van der Waals surface area contributed by atoms with Gasteiger partial charge in [0.25, 0.3) is 5.91 Å². The lowest BCUT2D eigenvalue weighted by Crippen LogP contribution is -2.11. The molecule has 106 valence electrons. The number of amides is 1. The van der Waals surface area contributed by atoms with E-state index < -0.39 is 23.3 Å².